The van der Waals surface area contributed by atoms with Crippen LogP contribution in [0, 0.1) is 0 Å². The number of nitrogens with zero attached hydrogens (tertiary/aromatic N) is 2. The van der Waals surface area contributed by atoms with E-state index in [4.69, 9.17) is 4.74 Å². The van der Waals surface area contributed by atoms with E-state index in [1.54, 1.807) is 6.21 Å². The van der Waals surface area contributed by atoms with E-state index in [2.05, 4.69) is 20.3 Å². The molecule has 0 bridgehead atoms. The van der Waals surface area contributed by atoms with E-state index in [-0.39, 0.29) is 10.1 Å². The number of amidine groups is 1. The zero-order valence-corrected chi connectivity index (χ0v) is 15.8. The lowest BCUT2D eigenvalue weighted by atomic mass is 10.2. The highest BCUT2D eigenvalue weighted by atomic mass is 32.2. The molecule has 1 aliphatic rings. The summed E-state index contributed by atoms with van der Waals surface area (Å²) in [5.74, 6) is -0.303. The minimum absolute atomic E-state index is 0.206. The Kier molecular flexibility index (Phi) is 6.59. The third-order valence-electron chi connectivity index (χ3n) is 3.56. The molecule has 0 unspecified atom stereocenters. The standard InChI is InChI=1S/C20H17N3O4S/c1-26-18(24)11-17-19(25)22-20(28-17)23-21-12-15-8-5-9-16(10-15)27-13-14-6-3-2-4-7-14/h2-12H,13H2,1H3,(H,22,23,25)/b17-11+,21-12?. The molecule has 0 saturated carbocycles. The van der Waals surface area contributed by atoms with Crippen LogP contribution in [-0.2, 0) is 20.9 Å². The fraction of sp³-hybridized carbons (Fsp3) is 0.100. The number of rotatable bonds is 6. The molecule has 1 amide bonds. The van der Waals surface area contributed by atoms with Gasteiger partial charge in [-0.1, -0.05) is 42.5 Å². The van der Waals surface area contributed by atoms with Gasteiger partial charge in [0.15, 0.2) is 5.17 Å². The summed E-state index contributed by atoms with van der Waals surface area (Å²) in [5, 5.41) is 10.8. The van der Waals surface area contributed by atoms with Crippen LogP contribution in [0.1, 0.15) is 11.1 Å². The molecule has 0 atom stereocenters. The summed E-state index contributed by atoms with van der Waals surface area (Å²) in [7, 11) is 1.24. The summed E-state index contributed by atoms with van der Waals surface area (Å²) in [4.78, 5) is 23.2. The van der Waals surface area contributed by atoms with Gasteiger partial charge in [0.1, 0.15) is 12.4 Å². The summed E-state index contributed by atoms with van der Waals surface area (Å²) >= 11 is 1.02. The van der Waals surface area contributed by atoms with Crippen molar-refractivity contribution in [2.45, 2.75) is 6.61 Å². The lowest BCUT2D eigenvalue weighted by Gasteiger charge is -2.06. The summed E-state index contributed by atoms with van der Waals surface area (Å²) in [6.07, 6.45) is 2.66. The third kappa shape index (κ3) is 5.55. The van der Waals surface area contributed by atoms with Gasteiger partial charge in [-0.05, 0) is 35.0 Å². The first-order valence-electron chi connectivity index (χ1n) is 8.31. The summed E-state index contributed by atoms with van der Waals surface area (Å²) in [5.41, 5.74) is 1.88. The summed E-state index contributed by atoms with van der Waals surface area (Å²) in [6, 6.07) is 17.3. The first-order chi connectivity index (χ1) is 13.6. The van der Waals surface area contributed by atoms with Crippen LogP contribution in [0.4, 0.5) is 0 Å². The van der Waals surface area contributed by atoms with Crippen LogP contribution in [0.3, 0.4) is 0 Å². The van der Waals surface area contributed by atoms with Gasteiger partial charge in [0, 0.05) is 6.08 Å². The molecule has 0 spiro atoms. The molecular formula is C20H17N3O4S. The Labute approximate surface area is 166 Å². The molecule has 1 fully saturated rings. The van der Waals surface area contributed by atoms with Gasteiger partial charge in [-0.3, -0.25) is 10.1 Å². The maximum atomic E-state index is 11.7. The van der Waals surface area contributed by atoms with Crippen LogP contribution in [0.5, 0.6) is 5.75 Å². The number of nitrogens with one attached hydrogen (secondary N) is 1. The van der Waals surface area contributed by atoms with E-state index in [1.165, 1.54) is 7.11 Å². The van der Waals surface area contributed by atoms with Crippen LogP contribution in [-0.4, -0.2) is 30.4 Å². The predicted octanol–water partition coefficient (Wildman–Crippen LogP) is 2.88. The number of amides is 1. The minimum atomic E-state index is -0.602. The highest BCUT2D eigenvalue weighted by Crippen LogP contribution is 2.23. The van der Waals surface area contributed by atoms with Crippen LogP contribution in [0.15, 0.2) is 75.8 Å². The van der Waals surface area contributed by atoms with Crippen molar-refractivity contribution < 1.29 is 19.1 Å². The van der Waals surface area contributed by atoms with Gasteiger partial charge in [0.25, 0.3) is 5.91 Å². The smallest absolute Gasteiger partial charge is 0.331 e. The second-order valence-corrected chi connectivity index (χ2v) is 6.62. The van der Waals surface area contributed by atoms with Crippen molar-refractivity contribution in [2.75, 3.05) is 7.11 Å². The number of esters is 1. The highest BCUT2D eigenvalue weighted by Gasteiger charge is 2.24. The van der Waals surface area contributed by atoms with Crippen LogP contribution < -0.4 is 10.1 Å². The van der Waals surface area contributed by atoms with Crippen molar-refractivity contribution in [1.82, 2.24) is 5.32 Å². The van der Waals surface area contributed by atoms with Crippen LogP contribution >= 0.6 is 11.8 Å². The number of carbonyl (C=O) groups excluding carboxylic acids is 2. The van der Waals surface area contributed by atoms with Gasteiger partial charge in [0.2, 0.25) is 0 Å². The van der Waals surface area contributed by atoms with Crippen molar-refractivity contribution >= 4 is 35.0 Å². The molecule has 142 valence electrons. The molecule has 2 aromatic carbocycles. The Bertz CT molecular complexity index is 955. The molecule has 0 aliphatic carbocycles. The number of ether oxygens (including phenoxy) is 2. The first kappa shape index (κ1) is 19.4. The van der Waals surface area contributed by atoms with E-state index in [0.717, 1.165) is 29.0 Å². The van der Waals surface area contributed by atoms with E-state index in [9.17, 15) is 9.59 Å². The Hall–Kier alpha value is -3.39. The molecule has 1 saturated heterocycles. The topological polar surface area (TPSA) is 89.3 Å². The van der Waals surface area contributed by atoms with Gasteiger partial charge in [-0.2, -0.15) is 5.10 Å². The van der Waals surface area contributed by atoms with E-state index < -0.39 is 11.9 Å². The van der Waals surface area contributed by atoms with Gasteiger partial charge in [-0.25, -0.2) is 4.79 Å². The molecule has 1 N–H and O–H groups in total. The zero-order valence-electron chi connectivity index (χ0n) is 15.0. The molecule has 3 rings (SSSR count). The second-order valence-electron chi connectivity index (χ2n) is 5.58. The predicted molar refractivity (Wildman–Crippen MR) is 108 cm³/mol. The maximum Gasteiger partial charge on any atom is 0.331 e. The molecule has 1 aliphatic heterocycles. The molecule has 0 radical (unpaired) electrons. The average molecular weight is 395 g/mol. The molecule has 1 heterocycles. The van der Waals surface area contributed by atoms with Crippen molar-refractivity contribution in [1.29, 1.82) is 0 Å². The van der Waals surface area contributed by atoms with Gasteiger partial charge < -0.3 is 9.47 Å². The van der Waals surface area contributed by atoms with E-state index in [1.807, 2.05) is 54.6 Å². The minimum Gasteiger partial charge on any atom is -0.489 e. The summed E-state index contributed by atoms with van der Waals surface area (Å²) in [6.45, 7) is 0.474. The largest absolute Gasteiger partial charge is 0.489 e. The second kappa shape index (κ2) is 9.52. The Morgan fingerprint density at radius 3 is 2.79 bits per heavy atom. The SMILES string of the molecule is COC(=O)/C=C1/S/C(=N\N=Cc2cccc(OCc3ccccc3)c2)NC1=O. The Morgan fingerprint density at radius 2 is 2.00 bits per heavy atom. The molecule has 0 aromatic heterocycles. The van der Waals surface area contributed by atoms with Crippen molar-refractivity contribution in [3.8, 4) is 5.75 Å². The highest BCUT2D eigenvalue weighted by molar-refractivity contribution is 8.18. The van der Waals surface area contributed by atoms with Crippen molar-refractivity contribution in [3.63, 3.8) is 0 Å². The average Bonchev–Trinajstić information content (AvgIpc) is 3.06. The Balaban J connectivity index is 1.60. The number of methoxy groups -OCH3 is 1. The van der Waals surface area contributed by atoms with Gasteiger partial charge in [-0.15, -0.1) is 5.10 Å². The summed E-state index contributed by atoms with van der Waals surface area (Å²) < 4.78 is 10.3. The molecular weight excluding hydrogens is 378 g/mol. The quantitative estimate of drug-likeness (QED) is 0.352. The van der Waals surface area contributed by atoms with E-state index >= 15 is 0 Å². The lowest BCUT2D eigenvalue weighted by Crippen LogP contribution is -2.19. The fourth-order valence-corrected chi connectivity index (χ4v) is 2.95. The molecule has 7 nitrogen and oxygen atoms in total. The lowest BCUT2D eigenvalue weighted by molar-refractivity contribution is -0.135. The normalized spacial score (nSPS) is 16.5. The maximum absolute atomic E-state index is 11.7. The Morgan fingerprint density at radius 1 is 1.18 bits per heavy atom. The number of benzene rings is 2. The number of thioether (sulfide) groups is 1. The van der Waals surface area contributed by atoms with Crippen LogP contribution in [0.2, 0.25) is 0 Å². The third-order valence-corrected chi connectivity index (χ3v) is 4.46. The van der Waals surface area contributed by atoms with E-state index in [0.29, 0.717) is 12.4 Å². The first-order valence-corrected chi connectivity index (χ1v) is 9.12. The fourth-order valence-electron chi connectivity index (χ4n) is 2.21. The number of hydrogen-bond donors (Lipinski definition) is 1. The van der Waals surface area contributed by atoms with Crippen LogP contribution in [0.25, 0.3) is 0 Å². The van der Waals surface area contributed by atoms with Gasteiger partial charge in [0.05, 0.1) is 18.2 Å². The number of hydrogen-bond acceptors (Lipinski definition) is 7. The molecule has 8 heteroatoms. The van der Waals surface area contributed by atoms with Crippen molar-refractivity contribution in [2.24, 2.45) is 10.2 Å². The monoisotopic (exact) mass is 395 g/mol. The number of carbonyl (C=O) groups is 2. The molecule has 28 heavy (non-hydrogen) atoms. The van der Waals surface area contributed by atoms with Gasteiger partial charge >= 0.3 is 5.97 Å². The zero-order chi connectivity index (χ0) is 19.8. The molecule has 2 aromatic rings. The van der Waals surface area contributed by atoms with Crippen molar-refractivity contribution in [3.05, 3.63) is 76.7 Å².